The average Bonchev–Trinajstić information content (AvgIpc) is 2.46. The van der Waals surface area contributed by atoms with Gasteiger partial charge in [0.15, 0.2) is 6.29 Å². The van der Waals surface area contributed by atoms with Crippen molar-refractivity contribution in [3.05, 3.63) is 24.8 Å². The second-order valence-corrected chi connectivity index (χ2v) is 6.28. The first-order valence-electron chi connectivity index (χ1n) is 8.34. The Morgan fingerprint density at radius 3 is 2.36 bits per heavy atom. The molecule has 22 heavy (non-hydrogen) atoms. The molecule has 0 amide bonds. The minimum Gasteiger partial charge on any atom is -0.386 e. The van der Waals surface area contributed by atoms with Crippen molar-refractivity contribution in [3.8, 4) is 0 Å². The fraction of sp³-hybridized carbons (Fsp3) is 0.778. The SMILES string of the molecule is C=CC(C)(O)CCC(OOC(O)CCCCCCC)C(=C)C. The maximum Gasteiger partial charge on any atom is 0.188 e. The molecule has 0 radical (unpaired) electrons. The Bertz CT molecular complexity index is 312. The van der Waals surface area contributed by atoms with Crippen LogP contribution in [0.4, 0.5) is 0 Å². The van der Waals surface area contributed by atoms with Crippen LogP contribution in [0.2, 0.25) is 0 Å². The van der Waals surface area contributed by atoms with Crippen molar-refractivity contribution in [2.75, 3.05) is 0 Å². The van der Waals surface area contributed by atoms with Crippen LogP contribution in [-0.4, -0.2) is 28.2 Å². The molecule has 0 saturated carbocycles. The summed E-state index contributed by atoms with van der Waals surface area (Å²) in [6.07, 6.45) is 7.51. The lowest BCUT2D eigenvalue weighted by atomic mass is 9.96. The summed E-state index contributed by atoms with van der Waals surface area (Å²) in [6.45, 7) is 13.2. The molecule has 0 rings (SSSR count). The molecule has 0 heterocycles. The first-order chi connectivity index (χ1) is 10.3. The van der Waals surface area contributed by atoms with E-state index in [9.17, 15) is 10.2 Å². The quantitative estimate of drug-likeness (QED) is 0.165. The molecule has 4 nitrogen and oxygen atoms in total. The molecule has 0 fully saturated rings. The van der Waals surface area contributed by atoms with Crippen LogP contribution in [0.5, 0.6) is 0 Å². The summed E-state index contributed by atoms with van der Waals surface area (Å²) in [6, 6.07) is 0. The van der Waals surface area contributed by atoms with Gasteiger partial charge in [0.05, 0.1) is 5.60 Å². The van der Waals surface area contributed by atoms with Gasteiger partial charge >= 0.3 is 0 Å². The van der Waals surface area contributed by atoms with E-state index in [2.05, 4.69) is 20.1 Å². The maximum absolute atomic E-state index is 9.92. The molecule has 2 N–H and O–H groups in total. The van der Waals surface area contributed by atoms with Gasteiger partial charge in [0.1, 0.15) is 6.10 Å². The lowest BCUT2D eigenvalue weighted by molar-refractivity contribution is -0.387. The molecule has 0 saturated heterocycles. The van der Waals surface area contributed by atoms with Crippen molar-refractivity contribution in [2.45, 2.75) is 90.1 Å². The minimum absolute atomic E-state index is 0.346. The van der Waals surface area contributed by atoms with Crippen LogP contribution in [0.15, 0.2) is 24.8 Å². The number of aliphatic hydroxyl groups is 2. The molecular formula is C18H34O4. The highest BCUT2D eigenvalue weighted by Crippen LogP contribution is 2.20. The van der Waals surface area contributed by atoms with E-state index in [-0.39, 0.29) is 6.10 Å². The maximum atomic E-state index is 9.92. The van der Waals surface area contributed by atoms with Crippen LogP contribution in [0, 0.1) is 0 Å². The second-order valence-electron chi connectivity index (χ2n) is 6.28. The van der Waals surface area contributed by atoms with Gasteiger partial charge in [-0.15, -0.1) is 6.58 Å². The third-order valence-corrected chi connectivity index (χ3v) is 3.74. The number of aliphatic hydroxyl groups excluding tert-OH is 1. The zero-order valence-corrected chi connectivity index (χ0v) is 14.5. The fourth-order valence-electron chi connectivity index (χ4n) is 2.00. The molecule has 0 aromatic heterocycles. The third kappa shape index (κ3) is 11.0. The van der Waals surface area contributed by atoms with Crippen molar-refractivity contribution in [1.29, 1.82) is 0 Å². The first-order valence-corrected chi connectivity index (χ1v) is 8.34. The molecule has 0 aromatic carbocycles. The number of rotatable bonds is 14. The molecule has 3 atom stereocenters. The third-order valence-electron chi connectivity index (χ3n) is 3.74. The smallest absolute Gasteiger partial charge is 0.188 e. The summed E-state index contributed by atoms with van der Waals surface area (Å²) >= 11 is 0. The van der Waals surface area contributed by atoms with Crippen LogP contribution < -0.4 is 0 Å². The van der Waals surface area contributed by atoms with E-state index in [1.807, 2.05) is 6.92 Å². The van der Waals surface area contributed by atoms with Crippen LogP contribution in [0.1, 0.15) is 72.1 Å². The van der Waals surface area contributed by atoms with Gasteiger partial charge in [0, 0.05) is 6.42 Å². The second kappa shape index (κ2) is 11.8. The van der Waals surface area contributed by atoms with Gasteiger partial charge < -0.3 is 10.2 Å². The van der Waals surface area contributed by atoms with Crippen molar-refractivity contribution >= 4 is 0 Å². The fourth-order valence-corrected chi connectivity index (χ4v) is 2.00. The van der Waals surface area contributed by atoms with Crippen LogP contribution >= 0.6 is 0 Å². The normalized spacial score (nSPS) is 16.8. The highest BCUT2D eigenvalue weighted by molar-refractivity contribution is 5.00. The monoisotopic (exact) mass is 314 g/mol. The van der Waals surface area contributed by atoms with Crippen molar-refractivity contribution < 1.29 is 20.0 Å². The number of hydrogen-bond donors (Lipinski definition) is 2. The molecule has 0 aliphatic rings. The van der Waals surface area contributed by atoms with E-state index in [0.717, 1.165) is 18.4 Å². The average molecular weight is 314 g/mol. The van der Waals surface area contributed by atoms with Crippen molar-refractivity contribution in [3.63, 3.8) is 0 Å². The summed E-state index contributed by atoms with van der Waals surface area (Å²) in [5.74, 6) is 0. The molecule has 4 heteroatoms. The molecule has 3 unspecified atom stereocenters. The molecule has 0 aromatic rings. The summed E-state index contributed by atoms with van der Waals surface area (Å²) in [4.78, 5) is 10.3. The van der Waals surface area contributed by atoms with Gasteiger partial charge in [0.2, 0.25) is 0 Å². The molecule has 0 bridgehead atoms. The van der Waals surface area contributed by atoms with Gasteiger partial charge in [-0.2, -0.15) is 0 Å². The van der Waals surface area contributed by atoms with E-state index in [0.29, 0.717) is 19.3 Å². The lowest BCUT2D eigenvalue weighted by Gasteiger charge is -2.23. The van der Waals surface area contributed by atoms with Crippen LogP contribution in [0.3, 0.4) is 0 Å². The van der Waals surface area contributed by atoms with Crippen molar-refractivity contribution in [1.82, 2.24) is 0 Å². The molecular weight excluding hydrogens is 280 g/mol. The topological polar surface area (TPSA) is 58.9 Å². The van der Waals surface area contributed by atoms with Gasteiger partial charge in [-0.1, -0.05) is 45.3 Å². The van der Waals surface area contributed by atoms with Gasteiger partial charge in [0.25, 0.3) is 0 Å². The zero-order valence-electron chi connectivity index (χ0n) is 14.5. The summed E-state index contributed by atoms with van der Waals surface area (Å²) < 4.78 is 0. The molecule has 130 valence electrons. The lowest BCUT2D eigenvalue weighted by Crippen LogP contribution is -2.26. The largest absolute Gasteiger partial charge is 0.386 e. The Kier molecular flexibility index (Phi) is 11.5. The Morgan fingerprint density at radius 2 is 1.82 bits per heavy atom. The predicted molar refractivity (Wildman–Crippen MR) is 90.2 cm³/mol. The molecule has 0 aliphatic heterocycles. The zero-order chi connectivity index (χ0) is 17.0. The Hall–Kier alpha value is -0.680. The van der Waals surface area contributed by atoms with Crippen molar-refractivity contribution in [2.24, 2.45) is 0 Å². The summed E-state index contributed by atoms with van der Waals surface area (Å²) in [5.41, 5.74) is -0.135. The Balaban J connectivity index is 3.98. The molecule has 0 spiro atoms. The van der Waals surface area contributed by atoms with Gasteiger partial charge in [-0.25, -0.2) is 9.78 Å². The van der Waals surface area contributed by atoms with Gasteiger partial charge in [-0.3, -0.25) is 0 Å². The van der Waals surface area contributed by atoms with E-state index >= 15 is 0 Å². The van der Waals surface area contributed by atoms with Crippen LogP contribution in [-0.2, 0) is 9.78 Å². The number of unbranched alkanes of at least 4 members (excludes halogenated alkanes) is 4. The Morgan fingerprint density at radius 1 is 1.18 bits per heavy atom. The minimum atomic E-state index is -0.936. The molecule has 0 aliphatic carbocycles. The first kappa shape index (κ1) is 21.3. The summed E-state index contributed by atoms with van der Waals surface area (Å²) in [7, 11) is 0. The van der Waals surface area contributed by atoms with Crippen LogP contribution in [0.25, 0.3) is 0 Å². The van der Waals surface area contributed by atoms with E-state index in [1.54, 1.807) is 6.92 Å². The predicted octanol–water partition coefficient (Wildman–Crippen LogP) is 4.28. The highest BCUT2D eigenvalue weighted by Gasteiger charge is 2.21. The standard InChI is InChI=1S/C18H34O4/c1-6-8-9-10-11-12-17(19)22-21-16(15(3)4)13-14-18(5,20)7-2/h7,16-17,19-20H,2-3,6,8-14H2,1,4-5H3. The number of hydrogen-bond acceptors (Lipinski definition) is 4. The van der Waals surface area contributed by atoms with Gasteiger partial charge in [-0.05, 0) is 38.7 Å². The van der Waals surface area contributed by atoms with E-state index in [1.165, 1.54) is 25.3 Å². The van der Waals surface area contributed by atoms with E-state index in [4.69, 9.17) is 9.78 Å². The van der Waals surface area contributed by atoms with E-state index < -0.39 is 11.9 Å². The Labute approximate surface area is 135 Å². The highest BCUT2D eigenvalue weighted by atomic mass is 17.2. The summed E-state index contributed by atoms with van der Waals surface area (Å²) in [5, 5.41) is 19.7.